The molecule has 0 aliphatic heterocycles. The number of hydrogen-bond acceptors (Lipinski definition) is 5. The molecule has 1 aromatic heterocycles. The third-order valence-corrected chi connectivity index (χ3v) is 7.35. The van der Waals surface area contributed by atoms with Gasteiger partial charge in [-0.1, -0.05) is 24.3 Å². The number of rotatable bonds is 7. The number of nitrogens with zero attached hydrogens (tertiary/aromatic N) is 1. The Morgan fingerprint density at radius 2 is 1.64 bits per heavy atom. The van der Waals surface area contributed by atoms with Crippen LogP contribution in [0.2, 0.25) is 0 Å². The molecule has 3 aromatic carbocycles. The topological polar surface area (TPSA) is 74.6 Å². The van der Waals surface area contributed by atoms with E-state index in [1.807, 2.05) is 38.1 Å². The van der Waals surface area contributed by atoms with E-state index in [1.54, 1.807) is 34.9 Å². The highest BCUT2D eigenvalue weighted by Gasteiger charge is 2.24. The van der Waals surface area contributed by atoms with Crippen LogP contribution in [0.1, 0.15) is 18.1 Å². The van der Waals surface area contributed by atoms with Gasteiger partial charge in [0, 0.05) is 12.7 Å². The number of aromatic nitrogens is 1. The smallest absolute Gasteiger partial charge is 0.211 e. The zero-order valence-corrected chi connectivity index (χ0v) is 19.6. The maximum absolute atomic E-state index is 13.5. The van der Waals surface area contributed by atoms with E-state index in [9.17, 15) is 13.2 Å². The second-order valence-electron chi connectivity index (χ2n) is 7.67. The second-order valence-corrected chi connectivity index (χ2v) is 9.59. The van der Waals surface area contributed by atoms with Gasteiger partial charge in [0.2, 0.25) is 15.3 Å². The van der Waals surface area contributed by atoms with Crippen LogP contribution >= 0.6 is 0 Å². The fourth-order valence-electron chi connectivity index (χ4n) is 3.78. The minimum atomic E-state index is -4.07. The van der Waals surface area contributed by atoms with E-state index in [2.05, 4.69) is 0 Å². The zero-order chi connectivity index (χ0) is 23.6. The summed E-state index contributed by atoms with van der Waals surface area (Å²) in [6.45, 7) is 4.75. The summed E-state index contributed by atoms with van der Waals surface area (Å²) < 4.78 is 39.5. The zero-order valence-electron chi connectivity index (χ0n) is 18.7. The Morgan fingerprint density at radius 1 is 0.939 bits per heavy atom. The number of fused-ring (bicyclic) bond motifs is 1. The van der Waals surface area contributed by atoms with Gasteiger partial charge < -0.3 is 14.0 Å². The molecule has 0 N–H and O–H groups in total. The lowest BCUT2D eigenvalue weighted by Gasteiger charge is -2.16. The minimum absolute atomic E-state index is 0.0349. The largest absolute Gasteiger partial charge is 0.497 e. The molecule has 0 aliphatic rings. The average molecular weight is 464 g/mol. The van der Waals surface area contributed by atoms with E-state index >= 15 is 0 Å². The van der Waals surface area contributed by atoms with Crippen molar-refractivity contribution in [1.29, 1.82) is 0 Å². The van der Waals surface area contributed by atoms with Gasteiger partial charge in [-0.3, -0.25) is 4.79 Å². The van der Waals surface area contributed by atoms with Crippen molar-refractivity contribution in [2.75, 3.05) is 13.7 Å². The first-order valence-corrected chi connectivity index (χ1v) is 12.1. The molecule has 170 valence electrons. The highest BCUT2D eigenvalue weighted by atomic mass is 32.2. The van der Waals surface area contributed by atoms with Gasteiger partial charge in [0.25, 0.3) is 0 Å². The van der Waals surface area contributed by atoms with Crippen molar-refractivity contribution in [3.63, 3.8) is 0 Å². The Bertz CT molecular complexity index is 1470. The lowest BCUT2D eigenvalue weighted by Crippen LogP contribution is -2.20. The summed E-state index contributed by atoms with van der Waals surface area (Å²) in [7, 11) is -2.56. The lowest BCUT2D eigenvalue weighted by molar-refractivity contribution is 0.340. The Kier molecular flexibility index (Phi) is 6.24. The second kappa shape index (κ2) is 9.11. The Labute approximate surface area is 192 Å². The van der Waals surface area contributed by atoms with Gasteiger partial charge in [-0.2, -0.15) is 0 Å². The fraction of sp³-hybridized carbons (Fsp3) is 0.192. The van der Waals surface area contributed by atoms with E-state index in [-0.39, 0.29) is 15.2 Å². The van der Waals surface area contributed by atoms with Crippen LogP contribution in [-0.2, 0) is 16.4 Å². The van der Waals surface area contributed by atoms with Gasteiger partial charge in [-0.25, -0.2) is 8.42 Å². The molecular formula is C26H25NO5S. The summed E-state index contributed by atoms with van der Waals surface area (Å²) in [5.74, 6) is 1.05. The Balaban J connectivity index is 1.93. The molecule has 4 rings (SSSR count). The minimum Gasteiger partial charge on any atom is -0.497 e. The van der Waals surface area contributed by atoms with E-state index in [0.717, 1.165) is 11.1 Å². The number of methoxy groups -OCH3 is 1. The summed E-state index contributed by atoms with van der Waals surface area (Å²) in [6.07, 6.45) is 1.44. The van der Waals surface area contributed by atoms with Crippen LogP contribution in [-0.4, -0.2) is 26.7 Å². The van der Waals surface area contributed by atoms with Gasteiger partial charge in [-0.15, -0.1) is 0 Å². The molecule has 1 heterocycles. The number of pyridine rings is 1. The number of sulfone groups is 1. The standard InChI is InChI=1S/C26H25NO5S/c1-4-32-20-9-12-22(13-10-20)33(29,30)25-17-27(16-19-8-6-5-7-18(19)2)24-14-11-21(31-3)15-23(24)26(25)28/h5-15,17H,4,16H2,1-3H3. The van der Waals surface area contributed by atoms with Crippen molar-refractivity contribution in [3.05, 3.63) is 94.3 Å². The fourth-order valence-corrected chi connectivity index (χ4v) is 5.15. The van der Waals surface area contributed by atoms with Crippen LogP contribution in [0.25, 0.3) is 10.9 Å². The summed E-state index contributed by atoms with van der Waals surface area (Å²) in [4.78, 5) is 13.1. The first-order valence-electron chi connectivity index (χ1n) is 10.6. The first-order chi connectivity index (χ1) is 15.8. The monoisotopic (exact) mass is 463 g/mol. The maximum Gasteiger partial charge on any atom is 0.211 e. The molecule has 0 amide bonds. The first kappa shape index (κ1) is 22.6. The summed E-state index contributed by atoms with van der Waals surface area (Å²) in [5, 5.41) is 0.287. The van der Waals surface area contributed by atoms with Crippen LogP contribution in [0, 0.1) is 6.92 Å². The number of aryl methyl sites for hydroxylation is 1. The van der Waals surface area contributed by atoms with Crippen molar-refractivity contribution < 1.29 is 17.9 Å². The third-order valence-electron chi connectivity index (χ3n) is 5.59. The Morgan fingerprint density at radius 3 is 2.30 bits per heavy atom. The molecule has 0 saturated carbocycles. The van der Waals surface area contributed by atoms with Gasteiger partial charge >= 0.3 is 0 Å². The van der Waals surface area contributed by atoms with Crippen LogP contribution in [0.5, 0.6) is 11.5 Å². The van der Waals surface area contributed by atoms with Crippen molar-refractivity contribution in [2.24, 2.45) is 0 Å². The van der Waals surface area contributed by atoms with Gasteiger partial charge in [0.15, 0.2) is 0 Å². The number of ether oxygens (including phenoxy) is 2. The van der Waals surface area contributed by atoms with E-state index in [0.29, 0.717) is 30.2 Å². The van der Waals surface area contributed by atoms with Crippen LogP contribution in [0.3, 0.4) is 0 Å². The molecule has 6 nitrogen and oxygen atoms in total. The molecule has 0 bridgehead atoms. The maximum atomic E-state index is 13.5. The van der Waals surface area contributed by atoms with Crippen LogP contribution in [0.15, 0.2) is 87.5 Å². The summed E-state index contributed by atoms with van der Waals surface area (Å²) >= 11 is 0. The molecule has 0 atom stereocenters. The number of benzene rings is 3. The highest BCUT2D eigenvalue weighted by Crippen LogP contribution is 2.26. The molecule has 0 unspecified atom stereocenters. The molecule has 0 fully saturated rings. The van der Waals surface area contributed by atoms with E-state index in [4.69, 9.17) is 9.47 Å². The third kappa shape index (κ3) is 4.36. The normalized spacial score (nSPS) is 11.5. The average Bonchev–Trinajstić information content (AvgIpc) is 2.82. The predicted molar refractivity (Wildman–Crippen MR) is 128 cm³/mol. The molecule has 0 spiro atoms. The molecule has 0 radical (unpaired) electrons. The van der Waals surface area contributed by atoms with Gasteiger partial charge in [0.1, 0.15) is 16.4 Å². The van der Waals surface area contributed by atoms with Crippen molar-refractivity contribution in [3.8, 4) is 11.5 Å². The molecule has 7 heteroatoms. The lowest BCUT2D eigenvalue weighted by atomic mass is 10.1. The van der Waals surface area contributed by atoms with Crippen LogP contribution < -0.4 is 14.9 Å². The molecule has 33 heavy (non-hydrogen) atoms. The highest BCUT2D eigenvalue weighted by molar-refractivity contribution is 7.91. The predicted octanol–water partition coefficient (Wildman–Crippen LogP) is 4.60. The van der Waals surface area contributed by atoms with Crippen molar-refractivity contribution >= 4 is 20.7 Å². The van der Waals surface area contributed by atoms with E-state index in [1.165, 1.54) is 25.4 Å². The molecule has 0 saturated heterocycles. The SMILES string of the molecule is CCOc1ccc(S(=O)(=O)c2cn(Cc3ccccc3C)c3ccc(OC)cc3c2=O)cc1. The molecule has 0 aliphatic carbocycles. The summed E-state index contributed by atoms with van der Waals surface area (Å²) in [6, 6.07) is 19.1. The summed E-state index contributed by atoms with van der Waals surface area (Å²) in [5.41, 5.74) is 2.19. The quantitative estimate of drug-likeness (QED) is 0.401. The van der Waals surface area contributed by atoms with Gasteiger partial charge in [-0.05, 0) is 67.4 Å². The Hall–Kier alpha value is -3.58. The molecular weight excluding hydrogens is 438 g/mol. The van der Waals surface area contributed by atoms with Crippen molar-refractivity contribution in [2.45, 2.75) is 30.2 Å². The molecule has 4 aromatic rings. The van der Waals surface area contributed by atoms with Gasteiger partial charge in [0.05, 0.1) is 29.5 Å². The number of hydrogen-bond donors (Lipinski definition) is 0. The van der Waals surface area contributed by atoms with E-state index < -0.39 is 15.3 Å². The van der Waals surface area contributed by atoms with Crippen LogP contribution in [0.4, 0.5) is 0 Å². The van der Waals surface area contributed by atoms with Crippen molar-refractivity contribution in [1.82, 2.24) is 4.57 Å².